The molecule has 0 bridgehead atoms. The normalized spacial score (nSPS) is 10.5. The number of rotatable bonds is 5. The van der Waals surface area contributed by atoms with Crippen LogP contribution >= 0.6 is 11.3 Å². The number of esters is 1. The zero-order valence-corrected chi connectivity index (χ0v) is 10.7. The fraction of sp³-hybridized carbons (Fsp3) is 0.333. The highest BCUT2D eigenvalue weighted by Gasteiger charge is 2.03. The van der Waals surface area contributed by atoms with Crippen LogP contribution in [-0.2, 0) is 14.3 Å². The summed E-state index contributed by atoms with van der Waals surface area (Å²) in [6.45, 7) is 3.92. The Morgan fingerprint density at radius 2 is 2.29 bits per heavy atom. The zero-order valence-electron chi connectivity index (χ0n) is 9.86. The molecular formula is C12H15NO3S. The van der Waals surface area contributed by atoms with E-state index in [4.69, 9.17) is 0 Å². The maximum Gasteiger partial charge on any atom is 0.325 e. The predicted octanol–water partition coefficient (Wildman–Crippen LogP) is 1.75. The summed E-state index contributed by atoms with van der Waals surface area (Å²) in [4.78, 5) is 23.4. The molecule has 0 unspecified atom stereocenters. The average molecular weight is 253 g/mol. The monoisotopic (exact) mass is 253 g/mol. The summed E-state index contributed by atoms with van der Waals surface area (Å²) in [6, 6.07) is 1.99. The largest absolute Gasteiger partial charge is 0.465 e. The van der Waals surface area contributed by atoms with Gasteiger partial charge in [-0.3, -0.25) is 9.59 Å². The zero-order chi connectivity index (χ0) is 12.7. The molecule has 0 atom stereocenters. The van der Waals surface area contributed by atoms with Crippen LogP contribution in [0.5, 0.6) is 0 Å². The van der Waals surface area contributed by atoms with Crippen molar-refractivity contribution in [1.82, 2.24) is 5.32 Å². The van der Waals surface area contributed by atoms with Gasteiger partial charge in [-0.15, -0.1) is 11.3 Å². The fourth-order valence-electron chi connectivity index (χ4n) is 1.14. The maximum atomic E-state index is 11.4. The van der Waals surface area contributed by atoms with E-state index in [1.54, 1.807) is 24.3 Å². The smallest absolute Gasteiger partial charge is 0.325 e. The molecule has 0 radical (unpaired) electrons. The van der Waals surface area contributed by atoms with Gasteiger partial charge in [-0.2, -0.15) is 0 Å². The van der Waals surface area contributed by atoms with Crippen LogP contribution in [0.25, 0.3) is 6.08 Å². The van der Waals surface area contributed by atoms with Crippen molar-refractivity contribution in [2.45, 2.75) is 13.8 Å². The number of amides is 1. The van der Waals surface area contributed by atoms with Crippen molar-refractivity contribution in [3.05, 3.63) is 28.0 Å². The Labute approximate surface area is 104 Å². The second-order valence-corrected chi connectivity index (χ2v) is 4.27. The lowest BCUT2D eigenvalue weighted by Crippen LogP contribution is -2.29. The third-order valence-corrected chi connectivity index (χ3v) is 2.98. The Morgan fingerprint density at radius 3 is 2.88 bits per heavy atom. The Balaban J connectivity index is 2.37. The first-order chi connectivity index (χ1) is 8.13. The highest BCUT2D eigenvalue weighted by molar-refractivity contribution is 7.11. The van der Waals surface area contributed by atoms with Gasteiger partial charge in [-0.25, -0.2) is 0 Å². The molecule has 92 valence electrons. The van der Waals surface area contributed by atoms with Crippen LogP contribution in [0.2, 0.25) is 0 Å². The highest BCUT2D eigenvalue weighted by atomic mass is 32.1. The molecule has 0 fully saturated rings. The molecule has 0 saturated carbocycles. The van der Waals surface area contributed by atoms with Gasteiger partial charge in [0.05, 0.1) is 6.61 Å². The number of ether oxygens (including phenoxy) is 1. The van der Waals surface area contributed by atoms with E-state index < -0.39 is 5.97 Å². The number of hydrogen-bond donors (Lipinski definition) is 1. The molecule has 1 N–H and O–H groups in total. The first-order valence-electron chi connectivity index (χ1n) is 5.29. The molecule has 1 aromatic rings. The third kappa shape index (κ3) is 4.82. The number of aryl methyl sites for hydroxylation is 1. The van der Waals surface area contributed by atoms with E-state index in [-0.39, 0.29) is 12.5 Å². The summed E-state index contributed by atoms with van der Waals surface area (Å²) in [7, 11) is 0. The molecule has 1 aromatic heterocycles. The van der Waals surface area contributed by atoms with Gasteiger partial charge in [0.2, 0.25) is 5.91 Å². The molecule has 0 aromatic carbocycles. The summed E-state index contributed by atoms with van der Waals surface area (Å²) in [5.41, 5.74) is 1.13. The first-order valence-corrected chi connectivity index (χ1v) is 6.17. The van der Waals surface area contributed by atoms with E-state index in [1.165, 1.54) is 6.08 Å². The molecule has 4 nitrogen and oxygen atoms in total. The minimum atomic E-state index is -0.429. The van der Waals surface area contributed by atoms with E-state index in [2.05, 4.69) is 10.1 Å². The predicted molar refractivity (Wildman–Crippen MR) is 67.7 cm³/mol. The number of hydrogen-bond acceptors (Lipinski definition) is 4. The Morgan fingerprint density at radius 1 is 1.53 bits per heavy atom. The topological polar surface area (TPSA) is 55.4 Å². The van der Waals surface area contributed by atoms with Crippen molar-refractivity contribution in [2.75, 3.05) is 13.2 Å². The Kier molecular flexibility index (Phi) is 5.42. The van der Waals surface area contributed by atoms with Crippen molar-refractivity contribution in [2.24, 2.45) is 0 Å². The van der Waals surface area contributed by atoms with Crippen molar-refractivity contribution in [3.63, 3.8) is 0 Å². The van der Waals surface area contributed by atoms with Crippen LogP contribution in [0.1, 0.15) is 17.4 Å². The third-order valence-electron chi connectivity index (χ3n) is 2.00. The van der Waals surface area contributed by atoms with E-state index in [1.807, 2.05) is 18.4 Å². The summed E-state index contributed by atoms with van der Waals surface area (Å²) in [6.07, 6.45) is 3.15. The summed E-state index contributed by atoms with van der Waals surface area (Å²) in [5.74, 6) is -0.729. The Hall–Kier alpha value is -1.62. The van der Waals surface area contributed by atoms with Crippen LogP contribution < -0.4 is 5.32 Å². The molecule has 0 aliphatic heterocycles. The second-order valence-electron chi connectivity index (χ2n) is 3.32. The summed E-state index contributed by atoms with van der Waals surface area (Å²) in [5, 5.41) is 4.42. The van der Waals surface area contributed by atoms with E-state index in [9.17, 15) is 9.59 Å². The number of carbonyl (C=O) groups excluding carboxylic acids is 2. The minimum Gasteiger partial charge on any atom is -0.465 e. The lowest BCUT2D eigenvalue weighted by Gasteiger charge is -2.01. The second kappa shape index (κ2) is 6.85. The summed E-state index contributed by atoms with van der Waals surface area (Å²) >= 11 is 1.57. The van der Waals surface area contributed by atoms with Gasteiger partial charge in [0.25, 0.3) is 0 Å². The van der Waals surface area contributed by atoms with Crippen LogP contribution in [0.4, 0.5) is 0 Å². The van der Waals surface area contributed by atoms with Crippen molar-refractivity contribution in [1.29, 1.82) is 0 Å². The lowest BCUT2D eigenvalue weighted by molar-refractivity contribution is -0.143. The maximum absolute atomic E-state index is 11.4. The van der Waals surface area contributed by atoms with Crippen LogP contribution in [0.15, 0.2) is 17.5 Å². The van der Waals surface area contributed by atoms with Crippen molar-refractivity contribution >= 4 is 29.3 Å². The van der Waals surface area contributed by atoms with Gasteiger partial charge in [-0.05, 0) is 36.9 Å². The lowest BCUT2D eigenvalue weighted by atomic mass is 10.3. The molecule has 5 heteroatoms. The van der Waals surface area contributed by atoms with Crippen LogP contribution in [0.3, 0.4) is 0 Å². The van der Waals surface area contributed by atoms with Crippen molar-refractivity contribution < 1.29 is 14.3 Å². The molecule has 1 heterocycles. The van der Waals surface area contributed by atoms with Gasteiger partial charge in [0.1, 0.15) is 6.54 Å². The van der Waals surface area contributed by atoms with E-state index in [0.29, 0.717) is 6.61 Å². The standard InChI is InChI=1S/C12H15NO3S/c1-3-16-12(15)8-13-11(14)5-4-10-9(2)6-7-17-10/h4-7H,3,8H2,1-2H3,(H,13,14)/b5-4+. The molecule has 0 spiro atoms. The van der Waals surface area contributed by atoms with Crippen molar-refractivity contribution in [3.8, 4) is 0 Å². The summed E-state index contributed by atoms with van der Waals surface area (Å²) < 4.78 is 4.69. The number of carbonyl (C=O) groups is 2. The molecule has 17 heavy (non-hydrogen) atoms. The Bertz CT molecular complexity index is 423. The molecule has 0 saturated heterocycles. The SMILES string of the molecule is CCOC(=O)CNC(=O)/C=C/c1sccc1C. The fourth-order valence-corrected chi connectivity index (χ4v) is 1.96. The van der Waals surface area contributed by atoms with Gasteiger partial charge in [0, 0.05) is 11.0 Å². The number of nitrogens with one attached hydrogen (secondary N) is 1. The molecule has 1 rings (SSSR count). The van der Waals surface area contributed by atoms with Crippen LogP contribution in [0, 0.1) is 6.92 Å². The quantitative estimate of drug-likeness (QED) is 0.642. The van der Waals surface area contributed by atoms with Crippen LogP contribution in [-0.4, -0.2) is 25.0 Å². The van der Waals surface area contributed by atoms with Gasteiger partial charge >= 0.3 is 5.97 Å². The van der Waals surface area contributed by atoms with E-state index >= 15 is 0 Å². The van der Waals surface area contributed by atoms with Gasteiger partial charge in [-0.1, -0.05) is 0 Å². The molecule has 1 amide bonds. The number of thiophene rings is 1. The van der Waals surface area contributed by atoms with Gasteiger partial charge in [0.15, 0.2) is 0 Å². The first kappa shape index (κ1) is 13.4. The van der Waals surface area contributed by atoms with E-state index in [0.717, 1.165) is 10.4 Å². The average Bonchev–Trinajstić information content (AvgIpc) is 2.70. The minimum absolute atomic E-state index is 0.0968. The molecular weight excluding hydrogens is 238 g/mol. The molecule has 0 aliphatic rings. The van der Waals surface area contributed by atoms with Gasteiger partial charge < -0.3 is 10.1 Å². The highest BCUT2D eigenvalue weighted by Crippen LogP contribution is 2.16. The molecule has 0 aliphatic carbocycles.